The van der Waals surface area contributed by atoms with Gasteiger partial charge in [-0.1, -0.05) is 68.2 Å². The smallest absolute Gasteiger partial charge is 0.308 e. The summed E-state index contributed by atoms with van der Waals surface area (Å²) >= 11 is 0. The first-order valence-electron chi connectivity index (χ1n) is 17.7. The summed E-state index contributed by atoms with van der Waals surface area (Å²) in [6, 6.07) is 0. The second-order valence-electron chi connectivity index (χ2n) is 13.6. The number of unbranched alkanes of at least 4 members (excludes halogenated alkanes) is 2. The predicted molar refractivity (Wildman–Crippen MR) is 175 cm³/mol. The van der Waals surface area contributed by atoms with Gasteiger partial charge in [0.15, 0.2) is 37.0 Å². The molecule has 2 aliphatic rings. The van der Waals surface area contributed by atoms with Crippen molar-refractivity contribution in [2.45, 2.75) is 163 Å². The van der Waals surface area contributed by atoms with Crippen molar-refractivity contribution in [2.24, 2.45) is 17.8 Å². The van der Waals surface area contributed by atoms with Gasteiger partial charge < -0.3 is 47.7 Å². The Hall–Kier alpha value is -2.85. The van der Waals surface area contributed by atoms with Gasteiger partial charge in [0.05, 0.1) is 23.9 Å². The predicted octanol–water partition coefficient (Wildman–Crippen LogP) is 3.39. The van der Waals surface area contributed by atoms with Crippen LogP contribution in [0.25, 0.3) is 0 Å². The van der Waals surface area contributed by atoms with Crippen molar-refractivity contribution in [1.29, 1.82) is 0 Å². The largest absolute Gasteiger partial charge is 0.463 e. The molecule has 1 N–H and O–H groups in total. The van der Waals surface area contributed by atoms with E-state index in [1.807, 2.05) is 13.8 Å². The first-order valence-corrected chi connectivity index (χ1v) is 17.7. The van der Waals surface area contributed by atoms with Gasteiger partial charge in [0, 0.05) is 20.0 Å². The molecule has 0 bridgehead atoms. The van der Waals surface area contributed by atoms with Gasteiger partial charge in [0.2, 0.25) is 0 Å². The summed E-state index contributed by atoms with van der Waals surface area (Å²) in [5.74, 6) is -4.75. The molecule has 288 valence electrons. The molecule has 15 nitrogen and oxygen atoms in total. The number of rotatable bonds is 18. The number of hydrogen-bond donors (Lipinski definition) is 1. The van der Waals surface area contributed by atoms with Crippen molar-refractivity contribution in [3.8, 4) is 0 Å². The molecular formula is C35H58O15. The zero-order valence-electron chi connectivity index (χ0n) is 31.1. The Kier molecular flexibility index (Phi) is 18.1. The van der Waals surface area contributed by atoms with Gasteiger partial charge in [0.1, 0.15) is 24.9 Å². The van der Waals surface area contributed by atoms with E-state index in [4.69, 9.17) is 42.6 Å². The van der Waals surface area contributed by atoms with Crippen LogP contribution in [0, 0.1) is 17.8 Å². The minimum atomic E-state index is -1.64. The molecule has 10 atom stereocenters. The quantitative estimate of drug-likeness (QED) is 0.123. The molecule has 0 unspecified atom stereocenters. The van der Waals surface area contributed by atoms with E-state index in [2.05, 4.69) is 0 Å². The normalized spacial score (nSPS) is 29.8. The van der Waals surface area contributed by atoms with Crippen LogP contribution in [0.4, 0.5) is 0 Å². The third kappa shape index (κ3) is 12.7. The highest BCUT2D eigenvalue weighted by Gasteiger charge is 2.56. The first kappa shape index (κ1) is 43.3. The van der Waals surface area contributed by atoms with Crippen LogP contribution in [0.1, 0.15) is 101 Å². The highest BCUT2D eigenvalue weighted by Crippen LogP contribution is 2.35. The molecule has 0 radical (unpaired) electrons. The lowest BCUT2D eigenvalue weighted by Gasteiger charge is -2.48. The van der Waals surface area contributed by atoms with Crippen molar-refractivity contribution in [3.05, 3.63) is 0 Å². The van der Waals surface area contributed by atoms with Gasteiger partial charge in [-0.3, -0.25) is 24.0 Å². The lowest BCUT2D eigenvalue weighted by molar-refractivity contribution is -0.366. The maximum Gasteiger partial charge on any atom is 0.308 e. The monoisotopic (exact) mass is 718 g/mol. The third-order valence-electron chi connectivity index (χ3n) is 8.03. The number of carbonyl (C=O) groups is 5. The van der Waals surface area contributed by atoms with E-state index in [0.717, 1.165) is 13.3 Å². The maximum atomic E-state index is 13.0. The van der Waals surface area contributed by atoms with Gasteiger partial charge in [-0.2, -0.15) is 0 Å². The van der Waals surface area contributed by atoms with E-state index in [0.29, 0.717) is 19.3 Å². The second-order valence-corrected chi connectivity index (χ2v) is 13.6. The molecule has 2 heterocycles. The molecule has 0 aliphatic carbocycles. The van der Waals surface area contributed by atoms with Gasteiger partial charge in [-0.15, -0.1) is 0 Å². The molecule has 0 saturated carbocycles. The minimum Gasteiger partial charge on any atom is -0.463 e. The van der Waals surface area contributed by atoms with E-state index in [1.165, 1.54) is 0 Å². The Labute approximate surface area is 295 Å². The van der Waals surface area contributed by atoms with Crippen LogP contribution < -0.4 is 0 Å². The molecule has 0 aromatic rings. The van der Waals surface area contributed by atoms with Gasteiger partial charge in [-0.05, 0) is 19.8 Å². The molecule has 2 aliphatic heterocycles. The van der Waals surface area contributed by atoms with Crippen LogP contribution in [0.5, 0.6) is 0 Å². The molecule has 2 fully saturated rings. The molecule has 0 amide bonds. The highest BCUT2D eigenvalue weighted by molar-refractivity contribution is 5.73. The first-order chi connectivity index (χ1) is 23.5. The molecule has 0 aromatic heterocycles. The number of aliphatic hydroxyl groups is 1. The van der Waals surface area contributed by atoms with E-state index >= 15 is 0 Å². The summed E-state index contributed by atoms with van der Waals surface area (Å²) in [4.78, 5) is 63.3. The van der Waals surface area contributed by atoms with Crippen LogP contribution in [-0.2, 0) is 66.6 Å². The topological polar surface area (TPSA) is 189 Å². The van der Waals surface area contributed by atoms with Crippen LogP contribution in [0.2, 0.25) is 0 Å². The van der Waals surface area contributed by atoms with Crippen LogP contribution in [-0.4, -0.2) is 110 Å². The lowest BCUT2D eigenvalue weighted by atomic mass is 9.96. The molecule has 15 heteroatoms. The summed E-state index contributed by atoms with van der Waals surface area (Å²) in [6.45, 7) is 16.2. The number of esters is 5. The zero-order valence-corrected chi connectivity index (χ0v) is 31.1. The van der Waals surface area contributed by atoms with Crippen molar-refractivity contribution in [2.75, 3.05) is 13.2 Å². The fourth-order valence-electron chi connectivity index (χ4n) is 5.05. The Morgan fingerprint density at radius 2 is 1.26 bits per heavy atom. The zero-order chi connectivity index (χ0) is 37.7. The van der Waals surface area contributed by atoms with Crippen molar-refractivity contribution >= 4 is 29.8 Å². The Bertz CT molecular complexity index is 1110. The van der Waals surface area contributed by atoms with Crippen molar-refractivity contribution in [1.82, 2.24) is 0 Å². The van der Waals surface area contributed by atoms with E-state index < -0.39 is 109 Å². The Balaban J connectivity index is 2.58. The van der Waals surface area contributed by atoms with Gasteiger partial charge in [0.25, 0.3) is 0 Å². The minimum absolute atomic E-state index is 0.0282. The molecular weight excluding hydrogens is 660 g/mol. The number of hydrogen-bond acceptors (Lipinski definition) is 15. The van der Waals surface area contributed by atoms with Crippen LogP contribution in [0.3, 0.4) is 0 Å². The summed E-state index contributed by atoms with van der Waals surface area (Å²) < 4.78 is 52.9. The standard InChI is InChI=1S/C35H58O15/c1-11-13-15-24(37)47-30-29(45-22(10)36)26(48-32(40)19(5)6)21(9)44-35(30)50-28-25(38)27(49-33(41)20(7)8)23(17-43-31(39)18(3)4)46-34(28)42-16-14-12-2/h18-21,23,25-30,34-35,38H,11-17H2,1-10H3/t21-,23+,25-,26-,27+,28+,29+,30+,34+,35-/m0/s1. The fraction of sp³-hybridized carbons (Fsp3) is 0.857. The van der Waals surface area contributed by atoms with Gasteiger partial charge >= 0.3 is 29.8 Å². The number of aliphatic hydroxyl groups excluding tert-OH is 1. The summed E-state index contributed by atoms with van der Waals surface area (Å²) in [6.07, 6.45) is -10.8. The summed E-state index contributed by atoms with van der Waals surface area (Å²) in [7, 11) is 0. The van der Waals surface area contributed by atoms with Gasteiger partial charge in [-0.25, -0.2) is 0 Å². The van der Waals surface area contributed by atoms with E-state index in [1.54, 1.807) is 48.5 Å². The molecule has 0 spiro atoms. The average molecular weight is 719 g/mol. The van der Waals surface area contributed by atoms with Crippen molar-refractivity contribution in [3.63, 3.8) is 0 Å². The SMILES string of the molecule is CCCCO[C@@H]1O[C@H](COC(=O)C(C)C)[C@@H](OC(=O)C(C)C)[C@H](O)[C@H]1O[C@@H]1O[C@@H](C)[C@H](OC(=O)C(C)C)[C@@H](OC(C)=O)[C@H]1OC(=O)CCCC. The average Bonchev–Trinajstić information content (AvgIpc) is 3.04. The second kappa shape index (κ2) is 20.9. The summed E-state index contributed by atoms with van der Waals surface area (Å²) in [5, 5.41) is 11.8. The lowest BCUT2D eigenvalue weighted by Crippen LogP contribution is -2.66. The number of carbonyl (C=O) groups excluding carboxylic acids is 5. The van der Waals surface area contributed by atoms with Crippen molar-refractivity contribution < 1.29 is 71.7 Å². The van der Waals surface area contributed by atoms with Crippen LogP contribution >= 0.6 is 0 Å². The van der Waals surface area contributed by atoms with E-state index in [9.17, 15) is 29.1 Å². The van der Waals surface area contributed by atoms with Crippen LogP contribution in [0.15, 0.2) is 0 Å². The summed E-state index contributed by atoms with van der Waals surface area (Å²) in [5.41, 5.74) is 0. The molecule has 50 heavy (non-hydrogen) atoms. The molecule has 2 saturated heterocycles. The fourth-order valence-corrected chi connectivity index (χ4v) is 5.05. The Morgan fingerprint density at radius 1 is 0.680 bits per heavy atom. The molecule has 2 rings (SSSR count). The third-order valence-corrected chi connectivity index (χ3v) is 8.03. The maximum absolute atomic E-state index is 13.0. The highest BCUT2D eigenvalue weighted by atomic mass is 16.8. The number of ether oxygens (including phenoxy) is 9. The Morgan fingerprint density at radius 3 is 1.80 bits per heavy atom. The van der Waals surface area contributed by atoms with E-state index in [-0.39, 0.29) is 19.6 Å². The molecule has 0 aromatic carbocycles.